The van der Waals surface area contributed by atoms with Gasteiger partial charge in [-0.1, -0.05) is 6.92 Å². The number of hydrogen-bond donors (Lipinski definition) is 3. The monoisotopic (exact) mass is 298 g/mol. The lowest BCUT2D eigenvalue weighted by molar-refractivity contribution is -0.160. The van der Waals surface area contributed by atoms with E-state index < -0.39 is 29.3 Å². The first-order valence-electron chi connectivity index (χ1n) is 7.41. The van der Waals surface area contributed by atoms with Gasteiger partial charge in [0.2, 0.25) is 5.91 Å². The predicted octanol–water partition coefficient (Wildman–Crippen LogP) is 0.153. The number of nitrogens with one attached hydrogen (secondary N) is 1. The van der Waals surface area contributed by atoms with Crippen molar-refractivity contribution in [2.45, 2.75) is 38.1 Å². The van der Waals surface area contributed by atoms with Gasteiger partial charge < -0.3 is 20.4 Å². The fourth-order valence-corrected chi connectivity index (χ4v) is 3.43. The van der Waals surface area contributed by atoms with Crippen LogP contribution < -0.4 is 5.32 Å². The molecule has 3 atom stereocenters. The highest BCUT2D eigenvalue weighted by atomic mass is 16.4. The third-order valence-electron chi connectivity index (χ3n) is 4.79. The molecule has 2 aliphatic heterocycles. The van der Waals surface area contributed by atoms with Crippen LogP contribution in [0, 0.1) is 11.8 Å². The normalized spacial score (nSPS) is 32.9. The van der Waals surface area contributed by atoms with Gasteiger partial charge in [0.25, 0.3) is 0 Å². The first-order chi connectivity index (χ1) is 9.91. The molecule has 7 heteroatoms. The van der Waals surface area contributed by atoms with Crippen LogP contribution >= 0.6 is 0 Å². The molecule has 1 amide bonds. The summed E-state index contributed by atoms with van der Waals surface area (Å²) in [4.78, 5) is 36.7. The van der Waals surface area contributed by atoms with Crippen LogP contribution in [-0.2, 0) is 14.4 Å². The molecule has 118 valence electrons. The Labute approximate surface area is 123 Å². The minimum atomic E-state index is -1.15. The molecule has 2 heterocycles. The number of carboxylic acids is 2. The van der Waals surface area contributed by atoms with E-state index in [1.807, 2.05) is 6.92 Å². The van der Waals surface area contributed by atoms with E-state index in [9.17, 15) is 19.5 Å². The number of amides is 1. The molecule has 0 aromatic heterocycles. The molecule has 0 aromatic rings. The summed E-state index contributed by atoms with van der Waals surface area (Å²) in [6.45, 7) is 3.01. The SMILES string of the molecule is CCC1(C(=O)N2CCC(C(=O)O)C(C(=O)O)C2)CCCN1. The van der Waals surface area contributed by atoms with E-state index in [4.69, 9.17) is 5.11 Å². The number of carbonyl (C=O) groups is 3. The zero-order valence-electron chi connectivity index (χ0n) is 12.2. The van der Waals surface area contributed by atoms with E-state index in [1.165, 1.54) is 4.90 Å². The summed E-state index contributed by atoms with van der Waals surface area (Å²) in [5.74, 6) is -4.28. The number of carbonyl (C=O) groups excluding carboxylic acids is 1. The number of hydrogen-bond acceptors (Lipinski definition) is 4. The number of piperidine rings is 1. The lowest BCUT2D eigenvalue weighted by Crippen LogP contribution is -2.58. The van der Waals surface area contributed by atoms with Gasteiger partial charge in [-0.05, 0) is 32.2 Å². The van der Waals surface area contributed by atoms with Gasteiger partial charge in [-0.15, -0.1) is 0 Å². The van der Waals surface area contributed by atoms with E-state index in [0.29, 0.717) is 13.0 Å². The Bertz CT molecular complexity index is 445. The largest absolute Gasteiger partial charge is 0.481 e. The molecule has 0 aromatic carbocycles. The van der Waals surface area contributed by atoms with Crippen molar-refractivity contribution in [1.29, 1.82) is 0 Å². The van der Waals surface area contributed by atoms with Gasteiger partial charge >= 0.3 is 11.9 Å². The van der Waals surface area contributed by atoms with Crippen LogP contribution in [0.4, 0.5) is 0 Å². The van der Waals surface area contributed by atoms with Gasteiger partial charge in [-0.25, -0.2) is 0 Å². The maximum Gasteiger partial charge on any atom is 0.309 e. The van der Waals surface area contributed by atoms with Crippen molar-refractivity contribution in [2.75, 3.05) is 19.6 Å². The topological polar surface area (TPSA) is 107 Å². The average molecular weight is 298 g/mol. The van der Waals surface area contributed by atoms with Gasteiger partial charge in [0.1, 0.15) is 0 Å². The molecule has 0 spiro atoms. The minimum Gasteiger partial charge on any atom is -0.481 e. The quantitative estimate of drug-likeness (QED) is 0.682. The Morgan fingerprint density at radius 2 is 1.90 bits per heavy atom. The standard InChI is InChI=1S/C14H22N2O5/c1-2-14(5-3-6-15-14)13(21)16-7-4-9(11(17)18)10(8-16)12(19)20/h9-10,15H,2-8H2,1H3,(H,17,18)(H,19,20). The number of rotatable bonds is 4. The summed E-state index contributed by atoms with van der Waals surface area (Å²) in [6, 6.07) is 0. The summed E-state index contributed by atoms with van der Waals surface area (Å²) in [5, 5.41) is 21.6. The number of aliphatic carboxylic acids is 2. The second-order valence-electron chi connectivity index (χ2n) is 5.90. The molecule has 0 saturated carbocycles. The third-order valence-corrected chi connectivity index (χ3v) is 4.79. The second-order valence-corrected chi connectivity index (χ2v) is 5.90. The smallest absolute Gasteiger partial charge is 0.309 e. The first kappa shape index (κ1) is 15.8. The predicted molar refractivity (Wildman–Crippen MR) is 73.7 cm³/mol. The van der Waals surface area contributed by atoms with Crippen molar-refractivity contribution in [3.63, 3.8) is 0 Å². The summed E-state index contributed by atoms with van der Waals surface area (Å²) in [7, 11) is 0. The Morgan fingerprint density at radius 1 is 1.24 bits per heavy atom. The summed E-state index contributed by atoms with van der Waals surface area (Å²) >= 11 is 0. The number of likely N-dealkylation sites (tertiary alicyclic amines) is 1. The van der Waals surface area contributed by atoms with Crippen LogP contribution in [0.5, 0.6) is 0 Å². The van der Waals surface area contributed by atoms with E-state index in [2.05, 4.69) is 5.32 Å². The van der Waals surface area contributed by atoms with E-state index in [0.717, 1.165) is 19.4 Å². The minimum absolute atomic E-state index is 0.0193. The molecule has 7 nitrogen and oxygen atoms in total. The van der Waals surface area contributed by atoms with Crippen LogP contribution in [0.2, 0.25) is 0 Å². The Kier molecular flexibility index (Phi) is 4.51. The lowest BCUT2D eigenvalue weighted by Gasteiger charge is -2.39. The van der Waals surface area contributed by atoms with Crippen LogP contribution in [0.25, 0.3) is 0 Å². The number of carboxylic acid groups (broad SMARTS) is 2. The second kappa shape index (κ2) is 6.01. The Morgan fingerprint density at radius 3 is 2.38 bits per heavy atom. The summed E-state index contributed by atoms with van der Waals surface area (Å²) < 4.78 is 0. The molecule has 0 aliphatic carbocycles. The van der Waals surface area contributed by atoms with Crippen molar-refractivity contribution >= 4 is 17.8 Å². The van der Waals surface area contributed by atoms with E-state index in [-0.39, 0.29) is 18.9 Å². The molecule has 0 radical (unpaired) electrons. The molecule has 0 bridgehead atoms. The molecule has 2 rings (SSSR count). The molecule has 2 aliphatic rings. The van der Waals surface area contributed by atoms with Gasteiger partial charge in [0, 0.05) is 13.1 Å². The van der Waals surface area contributed by atoms with Crippen LogP contribution in [0.15, 0.2) is 0 Å². The van der Waals surface area contributed by atoms with Gasteiger partial charge in [-0.2, -0.15) is 0 Å². The van der Waals surface area contributed by atoms with Gasteiger partial charge in [-0.3, -0.25) is 14.4 Å². The van der Waals surface area contributed by atoms with E-state index >= 15 is 0 Å². The highest BCUT2D eigenvalue weighted by Crippen LogP contribution is 2.30. The van der Waals surface area contributed by atoms with Crippen LogP contribution in [0.3, 0.4) is 0 Å². The van der Waals surface area contributed by atoms with E-state index in [1.54, 1.807) is 0 Å². The maximum atomic E-state index is 12.7. The first-order valence-corrected chi connectivity index (χ1v) is 7.41. The molecule has 3 N–H and O–H groups in total. The van der Waals surface area contributed by atoms with Crippen molar-refractivity contribution in [1.82, 2.24) is 10.2 Å². The Hall–Kier alpha value is -1.63. The third kappa shape index (κ3) is 2.88. The molecule has 21 heavy (non-hydrogen) atoms. The fourth-order valence-electron chi connectivity index (χ4n) is 3.43. The van der Waals surface area contributed by atoms with Crippen LogP contribution in [0.1, 0.15) is 32.6 Å². The van der Waals surface area contributed by atoms with Gasteiger partial charge in [0.15, 0.2) is 0 Å². The summed E-state index contributed by atoms with van der Waals surface area (Å²) in [5.41, 5.74) is -0.598. The van der Waals surface area contributed by atoms with Crippen molar-refractivity contribution in [3.05, 3.63) is 0 Å². The zero-order chi connectivity index (χ0) is 15.6. The highest BCUT2D eigenvalue weighted by Gasteiger charge is 2.46. The molecule has 3 unspecified atom stereocenters. The van der Waals surface area contributed by atoms with Crippen molar-refractivity contribution in [3.8, 4) is 0 Å². The zero-order valence-corrected chi connectivity index (χ0v) is 12.2. The lowest BCUT2D eigenvalue weighted by atomic mass is 9.83. The van der Waals surface area contributed by atoms with Crippen molar-refractivity contribution in [2.24, 2.45) is 11.8 Å². The molecular formula is C14H22N2O5. The van der Waals surface area contributed by atoms with Crippen molar-refractivity contribution < 1.29 is 24.6 Å². The molecule has 2 fully saturated rings. The molecule has 2 saturated heterocycles. The average Bonchev–Trinajstić information content (AvgIpc) is 2.95. The fraction of sp³-hybridized carbons (Fsp3) is 0.786. The highest BCUT2D eigenvalue weighted by molar-refractivity contribution is 5.88. The van der Waals surface area contributed by atoms with Gasteiger partial charge in [0.05, 0.1) is 17.4 Å². The Balaban J connectivity index is 2.13. The maximum absolute atomic E-state index is 12.7. The summed E-state index contributed by atoms with van der Waals surface area (Å²) in [6.07, 6.45) is 2.52. The molecular weight excluding hydrogens is 276 g/mol. The number of nitrogens with zero attached hydrogens (tertiary/aromatic N) is 1. The van der Waals surface area contributed by atoms with Crippen LogP contribution in [-0.4, -0.2) is 58.1 Å².